The highest BCUT2D eigenvalue weighted by Crippen LogP contribution is 1.92. The van der Waals surface area contributed by atoms with Gasteiger partial charge in [0, 0.05) is 6.07 Å². The van der Waals surface area contributed by atoms with Crippen LogP contribution in [0.3, 0.4) is 0 Å². The van der Waals surface area contributed by atoms with Gasteiger partial charge in [-0.3, -0.25) is 0 Å². The quantitative estimate of drug-likeness (QED) is 0.551. The molecule has 0 radical (unpaired) electrons. The average Bonchev–Trinajstić information content (AvgIpc) is 1.85. The van der Waals surface area contributed by atoms with Crippen LogP contribution in [0, 0.1) is 0 Å². The van der Waals surface area contributed by atoms with Crippen LogP contribution in [0.2, 0.25) is 0 Å². The van der Waals surface area contributed by atoms with Crippen molar-refractivity contribution in [1.29, 1.82) is 0 Å². The van der Waals surface area contributed by atoms with E-state index in [0.717, 1.165) is 0 Å². The molecule has 0 aromatic carbocycles. The van der Waals surface area contributed by atoms with Crippen LogP contribution >= 0.6 is 0 Å². The molecular weight excluding hydrogens is 142 g/mol. The van der Waals surface area contributed by atoms with E-state index < -0.39 is 0 Å². The van der Waals surface area contributed by atoms with Crippen LogP contribution in [0.4, 0.5) is 5.82 Å². The van der Waals surface area contributed by atoms with E-state index in [9.17, 15) is 4.79 Å². The van der Waals surface area contributed by atoms with Gasteiger partial charge in [0.2, 0.25) is 5.82 Å². The van der Waals surface area contributed by atoms with Gasteiger partial charge in [0.15, 0.2) is 0 Å². The molecule has 0 aliphatic heterocycles. The van der Waals surface area contributed by atoms with Crippen LogP contribution in [0.25, 0.3) is 0 Å². The molecule has 0 unspecified atom stereocenters. The SMILES string of the molecule is CC(C)[n+]1c(N)cc[nH]c1=O. The highest BCUT2D eigenvalue weighted by Gasteiger charge is 2.09. The predicted octanol–water partition coefficient (Wildman–Crippen LogP) is -0.175. The zero-order valence-corrected chi connectivity index (χ0v) is 6.66. The molecule has 4 nitrogen and oxygen atoms in total. The molecule has 0 saturated heterocycles. The molecule has 1 heterocycles. The van der Waals surface area contributed by atoms with E-state index in [0.29, 0.717) is 5.82 Å². The Morgan fingerprint density at radius 3 is 2.64 bits per heavy atom. The Morgan fingerprint density at radius 1 is 1.64 bits per heavy atom. The number of aromatic amines is 1. The summed E-state index contributed by atoms with van der Waals surface area (Å²) in [7, 11) is 0. The summed E-state index contributed by atoms with van der Waals surface area (Å²) >= 11 is 0. The topological polar surface area (TPSA) is 62.8 Å². The van der Waals surface area contributed by atoms with E-state index in [1.165, 1.54) is 10.8 Å². The van der Waals surface area contributed by atoms with Crippen molar-refractivity contribution in [3.05, 3.63) is 22.7 Å². The summed E-state index contributed by atoms with van der Waals surface area (Å²) in [5.41, 5.74) is 5.40. The molecular formula is C7H12N3O+. The lowest BCUT2D eigenvalue weighted by atomic mass is 10.4. The van der Waals surface area contributed by atoms with Crippen LogP contribution in [-0.4, -0.2) is 4.98 Å². The largest absolute Gasteiger partial charge is 0.441 e. The lowest BCUT2D eigenvalue weighted by Crippen LogP contribution is -2.54. The van der Waals surface area contributed by atoms with Crippen LogP contribution in [0.15, 0.2) is 17.1 Å². The lowest BCUT2D eigenvalue weighted by Gasteiger charge is -2.04. The van der Waals surface area contributed by atoms with Gasteiger partial charge in [0.25, 0.3) is 0 Å². The number of rotatable bonds is 1. The minimum atomic E-state index is -0.167. The molecule has 3 N–H and O–H groups in total. The highest BCUT2D eigenvalue weighted by molar-refractivity contribution is 5.16. The van der Waals surface area contributed by atoms with Gasteiger partial charge in [-0.25, -0.2) is 9.78 Å². The van der Waals surface area contributed by atoms with E-state index in [1.54, 1.807) is 6.07 Å². The standard InChI is InChI=1S/C7H11N3O/c1-5(2)10-6(8)3-4-9-7(10)11/h3-5H,1-2H3,(H2,8,9,11)/p+1. The number of nitrogens with two attached hydrogens (primary N) is 1. The summed E-state index contributed by atoms with van der Waals surface area (Å²) in [5.74, 6) is 0.490. The minimum Gasteiger partial charge on any atom is -0.318 e. The molecule has 1 aromatic heterocycles. The lowest BCUT2D eigenvalue weighted by molar-refractivity contribution is -0.718. The molecule has 4 heteroatoms. The zero-order valence-electron chi connectivity index (χ0n) is 6.66. The fourth-order valence-electron chi connectivity index (χ4n) is 0.998. The summed E-state index contributed by atoms with van der Waals surface area (Å²) in [6, 6.07) is 1.77. The van der Waals surface area contributed by atoms with E-state index in [2.05, 4.69) is 4.98 Å². The maximum Gasteiger partial charge on any atom is 0.441 e. The number of anilines is 1. The van der Waals surface area contributed by atoms with Crippen molar-refractivity contribution in [2.24, 2.45) is 0 Å². The normalized spacial score (nSPS) is 10.5. The smallest absolute Gasteiger partial charge is 0.318 e. The molecule has 0 bridgehead atoms. The number of nitrogen functional groups attached to an aromatic ring is 1. The number of H-pyrrole nitrogens is 1. The van der Waals surface area contributed by atoms with Crippen LogP contribution in [0.5, 0.6) is 0 Å². The highest BCUT2D eigenvalue weighted by atomic mass is 16.1. The third-order valence-corrected chi connectivity index (χ3v) is 1.47. The van der Waals surface area contributed by atoms with Crippen molar-refractivity contribution in [1.82, 2.24) is 4.98 Å². The average molecular weight is 154 g/mol. The Bertz CT molecular complexity index is 303. The third-order valence-electron chi connectivity index (χ3n) is 1.47. The van der Waals surface area contributed by atoms with Crippen LogP contribution in [0.1, 0.15) is 19.9 Å². The summed E-state index contributed by atoms with van der Waals surface area (Å²) in [4.78, 5) is 13.7. The Morgan fingerprint density at radius 2 is 2.27 bits per heavy atom. The first-order valence-electron chi connectivity index (χ1n) is 3.51. The predicted molar refractivity (Wildman–Crippen MR) is 42.1 cm³/mol. The van der Waals surface area contributed by atoms with Gasteiger partial charge in [0.05, 0.1) is 12.2 Å². The monoisotopic (exact) mass is 154 g/mol. The number of aromatic nitrogens is 2. The molecule has 60 valence electrons. The first-order valence-corrected chi connectivity index (χ1v) is 3.51. The third kappa shape index (κ3) is 1.39. The van der Waals surface area contributed by atoms with Crippen molar-refractivity contribution in [3.8, 4) is 0 Å². The molecule has 0 saturated carbocycles. The second kappa shape index (κ2) is 2.74. The van der Waals surface area contributed by atoms with Gasteiger partial charge in [-0.05, 0) is 13.8 Å². The Hall–Kier alpha value is -1.32. The first kappa shape index (κ1) is 7.78. The first-order chi connectivity index (χ1) is 5.13. The van der Waals surface area contributed by atoms with E-state index in [1.807, 2.05) is 13.8 Å². The Labute approximate surface area is 64.7 Å². The second-order valence-electron chi connectivity index (χ2n) is 2.67. The Kier molecular flexibility index (Phi) is 1.94. The summed E-state index contributed by atoms with van der Waals surface area (Å²) in [6.07, 6.45) is 1.54. The zero-order chi connectivity index (χ0) is 8.43. The van der Waals surface area contributed by atoms with Crippen molar-refractivity contribution in [2.75, 3.05) is 5.73 Å². The van der Waals surface area contributed by atoms with Crippen molar-refractivity contribution in [2.45, 2.75) is 19.9 Å². The molecule has 0 aliphatic rings. The molecule has 11 heavy (non-hydrogen) atoms. The fraction of sp³-hybridized carbons (Fsp3) is 0.429. The molecule has 0 aliphatic carbocycles. The van der Waals surface area contributed by atoms with Gasteiger partial charge in [-0.1, -0.05) is 0 Å². The maximum absolute atomic E-state index is 11.1. The van der Waals surface area contributed by atoms with Gasteiger partial charge < -0.3 is 5.73 Å². The molecule has 1 rings (SSSR count). The van der Waals surface area contributed by atoms with Gasteiger partial charge in [-0.2, -0.15) is 4.57 Å². The van der Waals surface area contributed by atoms with E-state index in [-0.39, 0.29) is 11.7 Å². The summed E-state index contributed by atoms with van der Waals surface area (Å²) < 4.78 is 1.50. The van der Waals surface area contributed by atoms with Gasteiger partial charge in [-0.15, -0.1) is 0 Å². The molecule has 0 amide bonds. The number of nitrogens with one attached hydrogen (secondary N) is 1. The molecule has 1 aromatic rings. The van der Waals surface area contributed by atoms with E-state index >= 15 is 0 Å². The maximum atomic E-state index is 11.1. The minimum absolute atomic E-state index is 0.0972. The van der Waals surface area contributed by atoms with Gasteiger partial charge in [0.1, 0.15) is 0 Å². The van der Waals surface area contributed by atoms with Crippen molar-refractivity contribution in [3.63, 3.8) is 0 Å². The molecule has 0 atom stereocenters. The van der Waals surface area contributed by atoms with Crippen LogP contribution in [-0.2, 0) is 0 Å². The number of hydrogen-bond donors (Lipinski definition) is 2. The van der Waals surface area contributed by atoms with Gasteiger partial charge >= 0.3 is 5.69 Å². The van der Waals surface area contributed by atoms with Crippen molar-refractivity contribution >= 4 is 5.82 Å². The Balaban J connectivity index is 3.33. The molecule has 0 spiro atoms. The summed E-state index contributed by atoms with van der Waals surface area (Å²) in [6.45, 7) is 3.82. The number of nitrogens with zero attached hydrogens (tertiary/aromatic N) is 1. The summed E-state index contributed by atoms with van der Waals surface area (Å²) in [5, 5.41) is 0. The fourth-order valence-corrected chi connectivity index (χ4v) is 0.998. The number of hydrogen-bond acceptors (Lipinski definition) is 2. The van der Waals surface area contributed by atoms with Crippen LogP contribution < -0.4 is 16.0 Å². The van der Waals surface area contributed by atoms with E-state index in [4.69, 9.17) is 5.73 Å². The molecule has 0 fully saturated rings. The van der Waals surface area contributed by atoms with Crippen molar-refractivity contribution < 1.29 is 4.57 Å². The second-order valence-corrected chi connectivity index (χ2v) is 2.67.